The number of hydrogen-bond acceptors (Lipinski definition) is 3. The number of carbonyl (C=O) groups is 2. The molecule has 1 aliphatic rings. The van der Waals surface area contributed by atoms with E-state index in [9.17, 15) is 9.59 Å². The Morgan fingerprint density at radius 1 is 1.47 bits per heavy atom. The van der Waals surface area contributed by atoms with Crippen molar-refractivity contribution in [3.63, 3.8) is 0 Å². The number of anilines is 1. The van der Waals surface area contributed by atoms with E-state index < -0.39 is 12.0 Å². The van der Waals surface area contributed by atoms with Gasteiger partial charge in [0.2, 0.25) is 0 Å². The van der Waals surface area contributed by atoms with E-state index in [1.54, 1.807) is 0 Å². The first-order valence-corrected chi connectivity index (χ1v) is 5.30. The lowest BCUT2D eigenvalue weighted by atomic mass is 10.1. The van der Waals surface area contributed by atoms with Gasteiger partial charge < -0.3 is 4.74 Å². The summed E-state index contributed by atoms with van der Waals surface area (Å²) in [5, 5.41) is 0. The molecule has 17 heavy (non-hydrogen) atoms. The Balaban J connectivity index is 2.43. The van der Waals surface area contributed by atoms with E-state index in [-0.39, 0.29) is 5.91 Å². The first kappa shape index (κ1) is 11.4. The van der Waals surface area contributed by atoms with Gasteiger partial charge in [0.25, 0.3) is 5.91 Å². The van der Waals surface area contributed by atoms with Crippen molar-refractivity contribution in [3.8, 4) is 0 Å². The molecule has 0 saturated heterocycles. The number of amides is 1. The Kier molecular flexibility index (Phi) is 2.95. The zero-order valence-electron chi connectivity index (χ0n) is 9.55. The van der Waals surface area contributed by atoms with Gasteiger partial charge in [-0.05, 0) is 17.7 Å². The summed E-state index contributed by atoms with van der Waals surface area (Å²) in [6, 6.07) is 6.86. The van der Waals surface area contributed by atoms with Crippen LogP contribution in [0.4, 0.5) is 5.69 Å². The molecule has 0 unspecified atom stereocenters. The molecule has 1 amide bonds. The van der Waals surface area contributed by atoms with Crippen LogP contribution in [0.25, 0.3) is 0 Å². The molecule has 2 rings (SSSR count). The van der Waals surface area contributed by atoms with Crippen LogP contribution in [-0.4, -0.2) is 25.0 Å². The number of methoxy groups -OCH3 is 1. The van der Waals surface area contributed by atoms with Crippen LogP contribution < -0.4 is 4.90 Å². The molecule has 0 fully saturated rings. The molecule has 0 N–H and O–H groups in total. The Morgan fingerprint density at radius 3 is 2.82 bits per heavy atom. The van der Waals surface area contributed by atoms with Gasteiger partial charge in [-0.15, -0.1) is 0 Å². The number of para-hydroxylation sites is 1. The lowest BCUT2D eigenvalue weighted by Crippen LogP contribution is -2.42. The standard InChI is InChI=1S/C13H13NO3/c1-3-12(15)14-10-7-5-4-6-9(10)8-11(14)13(16)17-2/h3-7,11H,1,8H2,2H3/t11-/m0/s1. The quantitative estimate of drug-likeness (QED) is 0.569. The molecular weight excluding hydrogens is 218 g/mol. The van der Waals surface area contributed by atoms with Crippen LogP contribution in [0.15, 0.2) is 36.9 Å². The second-order valence-electron chi connectivity index (χ2n) is 3.78. The normalized spacial score (nSPS) is 17.5. The molecule has 0 aromatic heterocycles. The first-order chi connectivity index (χ1) is 8.19. The average Bonchev–Trinajstić information content (AvgIpc) is 2.76. The number of fused-ring (bicyclic) bond motifs is 1. The van der Waals surface area contributed by atoms with Crippen LogP contribution in [-0.2, 0) is 20.7 Å². The number of rotatable bonds is 2. The maximum absolute atomic E-state index is 11.8. The topological polar surface area (TPSA) is 46.6 Å². The van der Waals surface area contributed by atoms with Gasteiger partial charge in [0.05, 0.1) is 7.11 Å². The number of hydrogen-bond donors (Lipinski definition) is 0. The molecule has 0 radical (unpaired) electrons. The van der Waals surface area contributed by atoms with Crippen molar-refractivity contribution in [1.29, 1.82) is 0 Å². The third-order valence-corrected chi connectivity index (χ3v) is 2.86. The van der Waals surface area contributed by atoms with Crippen molar-refractivity contribution in [2.24, 2.45) is 0 Å². The summed E-state index contributed by atoms with van der Waals surface area (Å²) >= 11 is 0. The summed E-state index contributed by atoms with van der Waals surface area (Å²) in [6.07, 6.45) is 1.69. The molecule has 4 nitrogen and oxygen atoms in total. The van der Waals surface area contributed by atoms with Crippen molar-refractivity contribution in [2.75, 3.05) is 12.0 Å². The van der Waals surface area contributed by atoms with Crippen LogP contribution in [0.1, 0.15) is 5.56 Å². The molecule has 1 atom stereocenters. The SMILES string of the molecule is C=CC(=O)N1c2ccccc2C[C@H]1C(=O)OC. The largest absolute Gasteiger partial charge is 0.467 e. The Labute approximate surface area is 99.5 Å². The van der Waals surface area contributed by atoms with E-state index in [1.165, 1.54) is 18.1 Å². The van der Waals surface area contributed by atoms with E-state index in [4.69, 9.17) is 4.74 Å². The lowest BCUT2D eigenvalue weighted by Gasteiger charge is -2.22. The van der Waals surface area contributed by atoms with Gasteiger partial charge in [0, 0.05) is 12.1 Å². The van der Waals surface area contributed by atoms with Crippen LogP contribution >= 0.6 is 0 Å². The summed E-state index contributed by atoms with van der Waals surface area (Å²) in [7, 11) is 1.32. The predicted octanol–water partition coefficient (Wildman–Crippen LogP) is 1.30. The second kappa shape index (κ2) is 4.41. The maximum Gasteiger partial charge on any atom is 0.329 e. The minimum absolute atomic E-state index is 0.287. The van der Waals surface area contributed by atoms with E-state index in [0.717, 1.165) is 11.3 Å². The molecule has 0 saturated carbocycles. The minimum atomic E-state index is -0.581. The van der Waals surface area contributed by atoms with Crippen molar-refractivity contribution in [1.82, 2.24) is 0 Å². The van der Waals surface area contributed by atoms with Crippen molar-refractivity contribution in [2.45, 2.75) is 12.5 Å². The van der Waals surface area contributed by atoms with Gasteiger partial charge in [-0.2, -0.15) is 0 Å². The van der Waals surface area contributed by atoms with E-state index in [1.807, 2.05) is 24.3 Å². The van der Waals surface area contributed by atoms with Crippen LogP contribution in [0.5, 0.6) is 0 Å². The zero-order valence-corrected chi connectivity index (χ0v) is 9.55. The van der Waals surface area contributed by atoms with E-state index in [0.29, 0.717) is 6.42 Å². The molecule has 88 valence electrons. The molecule has 1 aliphatic heterocycles. The smallest absolute Gasteiger partial charge is 0.329 e. The maximum atomic E-state index is 11.8. The third kappa shape index (κ3) is 1.82. The summed E-state index contributed by atoms with van der Waals surface area (Å²) in [6.45, 7) is 3.45. The lowest BCUT2D eigenvalue weighted by molar-refractivity contribution is -0.143. The highest BCUT2D eigenvalue weighted by atomic mass is 16.5. The van der Waals surface area contributed by atoms with Gasteiger partial charge in [-0.25, -0.2) is 4.79 Å². The van der Waals surface area contributed by atoms with Crippen molar-refractivity contribution < 1.29 is 14.3 Å². The molecule has 0 aliphatic carbocycles. The highest BCUT2D eigenvalue weighted by Gasteiger charge is 2.37. The molecule has 1 aromatic carbocycles. The summed E-state index contributed by atoms with van der Waals surface area (Å²) in [5.74, 6) is -0.693. The second-order valence-corrected chi connectivity index (χ2v) is 3.78. The fourth-order valence-electron chi connectivity index (χ4n) is 2.08. The third-order valence-electron chi connectivity index (χ3n) is 2.86. The average molecular weight is 231 g/mol. The molecule has 0 bridgehead atoms. The summed E-state index contributed by atoms with van der Waals surface area (Å²) in [5.41, 5.74) is 1.73. The van der Waals surface area contributed by atoms with Gasteiger partial charge in [-0.3, -0.25) is 9.69 Å². The van der Waals surface area contributed by atoms with Crippen LogP contribution in [0.3, 0.4) is 0 Å². The zero-order chi connectivity index (χ0) is 12.4. The van der Waals surface area contributed by atoms with Crippen LogP contribution in [0.2, 0.25) is 0 Å². The minimum Gasteiger partial charge on any atom is -0.467 e. The molecular formula is C13H13NO3. The molecule has 1 aromatic rings. The molecule has 4 heteroatoms. The first-order valence-electron chi connectivity index (χ1n) is 5.30. The highest BCUT2D eigenvalue weighted by molar-refractivity contribution is 6.07. The van der Waals surface area contributed by atoms with Gasteiger partial charge in [-0.1, -0.05) is 24.8 Å². The summed E-state index contributed by atoms with van der Waals surface area (Å²) in [4.78, 5) is 24.9. The van der Waals surface area contributed by atoms with Crippen molar-refractivity contribution in [3.05, 3.63) is 42.5 Å². The van der Waals surface area contributed by atoms with E-state index in [2.05, 4.69) is 6.58 Å². The van der Waals surface area contributed by atoms with Gasteiger partial charge in [0.1, 0.15) is 6.04 Å². The number of esters is 1. The summed E-state index contributed by atoms with van der Waals surface area (Å²) < 4.78 is 4.72. The fourth-order valence-corrected chi connectivity index (χ4v) is 2.08. The number of benzene rings is 1. The van der Waals surface area contributed by atoms with Gasteiger partial charge in [0.15, 0.2) is 0 Å². The Bertz CT molecular complexity index is 481. The molecule has 1 heterocycles. The van der Waals surface area contributed by atoms with Crippen LogP contribution in [0, 0.1) is 0 Å². The predicted molar refractivity (Wildman–Crippen MR) is 63.6 cm³/mol. The van der Waals surface area contributed by atoms with E-state index >= 15 is 0 Å². The monoisotopic (exact) mass is 231 g/mol. The Morgan fingerprint density at radius 2 is 2.18 bits per heavy atom. The molecule has 0 spiro atoms. The Hall–Kier alpha value is -2.10. The van der Waals surface area contributed by atoms with Gasteiger partial charge >= 0.3 is 5.97 Å². The number of ether oxygens (including phenoxy) is 1. The number of carbonyl (C=O) groups excluding carboxylic acids is 2. The van der Waals surface area contributed by atoms with Crippen molar-refractivity contribution >= 4 is 17.6 Å². The highest BCUT2D eigenvalue weighted by Crippen LogP contribution is 2.32. The number of nitrogens with zero attached hydrogens (tertiary/aromatic N) is 1. The fraction of sp³-hybridized carbons (Fsp3) is 0.231.